The van der Waals surface area contributed by atoms with Crippen LogP contribution in [-0.4, -0.2) is 68.2 Å². The Labute approximate surface area is 204 Å². The van der Waals surface area contributed by atoms with Crippen LogP contribution in [0, 0.1) is 0 Å². The monoisotopic (exact) mass is 494 g/mol. The number of phenols is 1. The van der Waals surface area contributed by atoms with Crippen LogP contribution in [-0.2, 0) is 19.9 Å². The molecule has 2 heterocycles. The fraction of sp³-hybridized carbons (Fsp3) is 0.231. The van der Waals surface area contributed by atoms with Crippen molar-refractivity contribution in [2.75, 3.05) is 0 Å². The van der Waals surface area contributed by atoms with Crippen molar-refractivity contribution in [3.63, 3.8) is 0 Å². The molecule has 1 saturated heterocycles. The van der Waals surface area contributed by atoms with Gasteiger partial charge in [0.15, 0.2) is 11.7 Å². The topological polar surface area (TPSA) is 163 Å². The minimum absolute atomic E-state index is 0.0493. The Morgan fingerprint density at radius 3 is 2.08 bits per heavy atom. The normalized spacial score (nSPS) is 29.3. The highest BCUT2D eigenvalue weighted by Crippen LogP contribution is 2.47. The van der Waals surface area contributed by atoms with Crippen LogP contribution >= 0.6 is 0 Å². The van der Waals surface area contributed by atoms with Crippen LogP contribution in [0.2, 0.25) is 0 Å². The largest absolute Gasteiger partial charge is 0.508 e. The number of carboxylic acid groups (broad SMARTS) is 1. The maximum Gasteiger partial charge on any atom is 0.340 e. The van der Waals surface area contributed by atoms with Crippen LogP contribution in [0.25, 0.3) is 0 Å². The van der Waals surface area contributed by atoms with E-state index in [1.165, 1.54) is 24.3 Å². The predicted molar refractivity (Wildman–Crippen MR) is 121 cm³/mol. The van der Waals surface area contributed by atoms with Crippen molar-refractivity contribution >= 4 is 11.9 Å². The number of esters is 1. The van der Waals surface area contributed by atoms with Crippen molar-refractivity contribution in [3.8, 4) is 11.5 Å². The quantitative estimate of drug-likeness (QED) is 0.325. The van der Waals surface area contributed by atoms with E-state index in [0.29, 0.717) is 22.3 Å². The Morgan fingerprint density at radius 2 is 1.44 bits per heavy atom. The van der Waals surface area contributed by atoms with Gasteiger partial charge in [-0.1, -0.05) is 42.5 Å². The number of cyclic esters (lactones) is 1. The summed E-state index contributed by atoms with van der Waals surface area (Å²) in [7, 11) is 0. The number of ether oxygens (including phenoxy) is 3. The maximum atomic E-state index is 12.8. The van der Waals surface area contributed by atoms with Crippen molar-refractivity contribution < 1.29 is 49.3 Å². The number of aliphatic hydroxyl groups is 3. The number of aliphatic carboxylic acids is 1. The van der Waals surface area contributed by atoms with Gasteiger partial charge in [-0.05, 0) is 30.3 Å². The molecule has 3 aromatic rings. The first-order valence-corrected chi connectivity index (χ1v) is 11.0. The molecule has 5 N–H and O–H groups in total. The molecule has 1 fully saturated rings. The number of fused-ring (bicyclic) bond motifs is 1. The summed E-state index contributed by atoms with van der Waals surface area (Å²) in [5.74, 6) is -1.82. The van der Waals surface area contributed by atoms with Gasteiger partial charge in [0, 0.05) is 16.7 Å². The number of carbonyl (C=O) groups is 2. The number of hydrogen-bond donors (Lipinski definition) is 5. The zero-order chi connectivity index (χ0) is 25.6. The summed E-state index contributed by atoms with van der Waals surface area (Å²) in [4.78, 5) is 24.1. The molecule has 0 bridgehead atoms. The summed E-state index contributed by atoms with van der Waals surface area (Å²) in [5, 5.41) is 49.1. The van der Waals surface area contributed by atoms with Crippen molar-refractivity contribution in [2.45, 2.75) is 36.3 Å². The van der Waals surface area contributed by atoms with Gasteiger partial charge in [-0.15, -0.1) is 0 Å². The van der Waals surface area contributed by atoms with Crippen molar-refractivity contribution in [2.24, 2.45) is 0 Å². The smallest absolute Gasteiger partial charge is 0.340 e. The van der Waals surface area contributed by atoms with Gasteiger partial charge in [-0.3, -0.25) is 0 Å². The minimum Gasteiger partial charge on any atom is -0.508 e. The van der Waals surface area contributed by atoms with Crippen LogP contribution in [0.3, 0.4) is 0 Å². The molecule has 0 spiro atoms. The Kier molecular flexibility index (Phi) is 5.89. The summed E-state index contributed by atoms with van der Waals surface area (Å²) >= 11 is 0. The number of rotatable bonds is 5. The van der Waals surface area contributed by atoms with Gasteiger partial charge in [0.25, 0.3) is 0 Å². The predicted octanol–water partition coefficient (Wildman–Crippen LogP) is 1.13. The Bertz CT molecular complexity index is 1290. The van der Waals surface area contributed by atoms with E-state index >= 15 is 0 Å². The molecule has 0 radical (unpaired) electrons. The number of benzene rings is 3. The molecule has 6 atom stereocenters. The van der Waals surface area contributed by atoms with Gasteiger partial charge < -0.3 is 39.7 Å². The summed E-state index contributed by atoms with van der Waals surface area (Å²) in [5.41, 5.74) is 0.858. The summed E-state index contributed by atoms with van der Waals surface area (Å²) in [6.45, 7) is 0. The van der Waals surface area contributed by atoms with E-state index in [2.05, 4.69) is 0 Å². The molecule has 10 heteroatoms. The molecule has 36 heavy (non-hydrogen) atoms. The third-order valence-electron chi connectivity index (χ3n) is 6.37. The lowest BCUT2D eigenvalue weighted by atomic mass is 9.80. The number of phenolic OH excluding ortho intramolecular Hbond substituents is 1. The SMILES string of the molecule is O=C1O[C@@](c2ccc(O)cc2)(c2ccc(O[C@@H]3O[C@@H](C(=O)O)[C@@H](O)[C@@H](O)[C@H]3O)cc2)c2ccccc21. The summed E-state index contributed by atoms with van der Waals surface area (Å²) < 4.78 is 16.7. The van der Waals surface area contributed by atoms with Gasteiger partial charge in [-0.2, -0.15) is 0 Å². The summed E-state index contributed by atoms with van der Waals surface area (Å²) in [6, 6.07) is 19.5. The zero-order valence-electron chi connectivity index (χ0n) is 18.6. The van der Waals surface area contributed by atoms with E-state index in [4.69, 9.17) is 14.2 Å². The van der Waals surface area contributed by atoms with Gasteiger partial charge in [0.2, 0.25) is 6.29 Å². The fourth-order valence-electron chi connectivity index (χ4n) is 4.56. The maximum absolute atomic E-state index is 12.8. The molecular formula is C26H22O10. The minimum atomic E-state index is -1.83. The lowest BCUT2D eigenvalue weighted by Crippen LogP contribution is -2.61. The summed E-state index contributed by atoms with van der Waals surface area (Å²) in [6.07, 6.45) is -8.69. The molecule has 3 aromatic carbocycles. The third-order valence-corrected chi connectivity index (χ3v) is 6.37. The molecule has 2 aliphatic rings. The van der Waals surface area contributed by atoms with Gasteiger partial charge >= 0.3 is 11.9 Å². The van der Waals surface area contributed by atoms with Crippen LogP contribution in [0.4, 0.5) is 0 Å². The van der Waals surface area contributed by atoms with Gasteiger partial charge in [0.1, 0.15) is 29.8 Å². The molecule has 0 unspecified atom stereocenters. The first-order valence-electron chi connectivity index (χ1n) is 11.0. The number of hydrogen-bond acceptors (Lipinski definition) is 9. The molecular weight excluding hydrogens is 472 g/mol. The van der Waals surface area contributed by atoms with Crippen LogP contribution in [0.1, 0.15) is 27.0 Å². The van der Waals surface area contributed by atoms with Crippen molar-refractivity contribution in [1.29, 1.82) is 0 Å². The molecule has 10 nitrogen and oxygen atoms in total. The third kappa shape index (κ3) is 3.76. The highest BCUT2D eigenvalue weighted by Gasteiger charge is 2.49. The highest BCUT2D eigenvalue weighted by molar-refractivity contribution is 5.96. The highest BCUT2D eigenvalue weighted by atomic mass is 16.7. The molecule has 0 aromatic heterocycles. The fourth-order valence-corrected chi connectivity index (χ4v) is 4.56. The standard InChI is InChI=1S/C26H22O10/c27-15-9-5-13(6-10-15)26(18-4-2-1-3-17(18)24(33)36-26)14-7-11-16(12-8-14)34-25-21(30)19(28)20(29)22(35-25)23(31)32/h1-12,19-22,25,27-30H,(H,31,32)/t19-,20+,21-,22-,25-,26+/m1/s1. The van der Waals surface area contributed by atoms with E-state index in [1.807, 2.05) is 0 Å². The van der Waals surface area contributed by atoms with E-state index in [1.54, 1.807) is 48.5 Å². The van der Waals surface area contributed by atoms with Crippen molar-refractivity contribution in [1.82, 2.24) is 0 Å². The Morgan fingerprint density at radius 1 is 0.833 bits per heavy atom. The first-order chi connectivity index (χ1) is 17.2. The second kappa shape index (κ2) is 8.92. The average molecular weight is 494 g/mol. The number of aliphatic hydroxyl groups excluding tert-OH is 3. The Balaban J connectivity index is 1.50. The van der Waals surface area contributed by atoms with E-state index < -0.39 is 48.2 Å². The Hall–Kier alpha value is -3.96. The molecule has 186 valence electrons. The second-order valence-corrected chi connectivity index (χ2v) is 8.54. The number of carbonyl (C=O) groups excluding carboxylic acids is 1. The lowest BCUT2D eigenvalue weighted by Gasteiger charge is -2.38. The zero-order valence-corrected chi connectivity index (χ0v) is 18.6. The van der Waals surface area contributed by atoms with Crippen LogP contribution in [0.15, 0.2) is 72.8 Å². The van der Waals surface area contributed by atoms with Gasteiger partial charge in [0.05, 0.1) is 5.56 Å². The second-order valence-electron chi connectivity index (χ2n) is 8.54. The number of carboxylic acids is 1. The van der Waals surface area contributed by atoms with E-state index in [0.717, 1.165) is 0 Å². The van der Waals surface area contributed by atoms with Crippen LogP contribution in [0.5, 0.6) is 11.5 Å². The molecule has 0 saturated carbocycles. The van der Waals surface area contributed by atoms with Crippen molar-refractivity contribution in [3.05, 3.63) is 95.1 Å². The lowest BCUT2D eigenvalue weighted by molar-refractivity contribution is -0.271. The molecule has 5 rings (SSSR count). The first kappa shape index (κ1) is 23.8. The number of aromatic hydroxyl groups is 1. The van der Waals surface area contributed by atoms with Gasteiger partial charge in [-0.25, -0.2) is 9.59 Å². The molecule has 0 aliphatic carbocycles. The molecule has 2 aliphatic heterocycles. The average Bonchev–Trinajstić information content (AvgIpc) is 3.18. The van der Waals surface area contributed by atoms with E-state index in [-0.39, 0.29) is 11.5 Å². The van der Waals surface area contributed by atoms with E-state index in [9.17, 15) is 35.1 Å². The molecule has 0 amide bonds. The van der Waals surface area contributed by atoms with Crippen LogP contribution < -0.4 is 4.74 Å².